The number of anilines is 1. The summed E-state index contributed by atoms with van der Waals surface area (Å²) >= 11 is 3.52. The van der Waals surface area contributed by atoms with Crippen molar-refractivity contribution in [1.82, 2.24) is 9.97 Å². The summed E-state index contributed by atoms with van der Waals surface area (Å²) in [4.78, 5) is 8.08. The lowest BCUT2D eigenvalue weighted by Gasteiger charge is -2.09. The molecular weight excluding hydrogens is 261 g/mol. The zero-order valence-electron chi connectivity index (χ0n) is 8.93. The lowest BCUT2D eigenvalue weighted by atomic mass is 10.2. The van der Waals surface area contributed by atoms with Crippen LogP contribution in [0.3, 0.4) is 0 Å². The Kier molecular flexibility index (Phi) is 4.94. The summed E-state index contributed by atoms with van der Waals surface area (Å²) in [5.74, 6) is -0.0709. The van der Waals surface area contributed by atoms with Crippen molar-refractivity contribution in [2.45, 2.75) is 31.5 Å². The van der Waals surface area contributed by atoms with Gasteiger partial charge < -0.3 is 5.32 Å². The molecule has 0 saturated carbocycles. The first-order valence-electron chi connectivity index (χ1n) is 5.00. The van der Waals surface area contributed by atoms with E-state index in [1.807, 2.05) is 0 Å². The van der Waals surface area contributed by atoms with E-state index in [0.29, 0.717) is 22.9 Å². The van der Waals surface area contributed by atoms with Gasteiger partial charge in [0.05, 0.1) is 5.69 Å². The quantitative estimate of drug-likeness (QED) is 0.840. The third-order valence-electron chi connectivity index (χ3n) is 2.16. The van der Waals surface area contributed by atoms with Gasteiger partial charge in [-0.25, -0.2) is 14.4 Å². The Balaban J connectivity index is 2.47. The summed E-state index contributed by atoms with van der Waals surface area (Å²) in [7, 11) is 0. The lowest BCUT2D eigenvalue weighted by Crippen LogP contribution is -2.10. The van der Waals surface area contributed by atoms with Gasteiger partial charge in [0.2, 0.25) is 0 Å². The number of aromatic nitrogens is 2. The normalized spacial score (nSPS) is 12.5. The van der Waals surface area contributed by atoms with Gasteiger partial charge in [0.25, 0.3) is 0 Å². The molecule has 1 atom stereocenters. The molecule has 0 aliphatic carbocycles. The van der Waals surface area contributed by atoms with Crippen molar-refractivity contribution < 1.29 is 4.39 Å². The molecule has 1 aromatic rings. The summed E-state index contributed by atoms with van der Waals surface area (Å²) in [6.07, 6.45) is 3.37. The van der Waals surface area contributed by atoms with Gasteiger partial charge in [-0.1, -0.05) is 22.9 Å². The zero-order chi connectivity index (χ0) is 11.3. The van der Waals surface area contributed by atoms with Crippen LogP contribution in [-0.2, 0) is 0 Å². The average molecular weight is 276 g/mol. The fourth-order valence-corrected chi connectivity index (χ4v) is 1.36. The Labute approximate surface area is 97.6 Å². The fraction of sp³-hybridized carbons (Fsp3) is 0.600. The first-order chi connectivity index (χ1) is 7.15. The topological polar surface area (TPSA) is 37.8 Å². The number of rotatable bonds is 5. The van der Waals surface area contributed by atoms with Crippen LogP contribution in [0, 0.1) is 12.7 Å². The monoisotopic (exact) mass is 275 g/mol. The number of nitrogens with zero attached hydrogens (tertiary/aromatic N) is 2. The fourth-order valence-electron chi connectivity index (χ4n) is 1.13. The van der Waals surface area contributed by atoms with Gasteiger partial charge >= 0.3 is 0 Å². The molecule has 1 unspecified atom stereocenters. The van der Waals surface area contributed by atoms with Crippen LogP contribution in [0.15, 0.2) is 6.33 Å². The molecule has 0 radical (unpaired) electrons. The summed E-state index contributed by atoms with van der Waals surface area (Å²) < 4.78 is 13.4. The van der Waals surface area contributed by atoms with Crippen LogP contribution in [0.4, 0.5) is 10.2 Å². The van der Waals surface area contributed by atoms with E-state index in [0.717, 1.165) is 12.8 Å². The Bertz CT molecular complexity index is 320. The van der Waals surface area contributed by atoms with Crippen LogP contribution in [0.2, 0.25) is 0 Å². The number of alkyl halides is 1. The third kappa shape index (κ3) is 3.74. The SMILES string of the molecule is CCC(Br)CCNc1ncnc(C)c1F. The number of aryl methyl sites for hydroxylation is 1. The van der Waals surface area contributed by atoms with E-state index in [1.165, 1.54) is 6.33 Å². The minimum atomic E-state index is -0.361. The van der Waals surface area contributed by atoms with Gasteiger partial charge in [-0.2, -0.15) is 0 Å². The van der Waals surface area contributed by atoms with Crippen molar-refractivity contribution in [2.75, 3.05) is 11.9 Å². The molecule has 0 aliphatic heterocycles. The second-order valence-corrected chi connectivity index (χ2v) is 4.64. The Morgan fingerprint density at radius 3 is 2.93 bits per heavy atom. The standard InChI is InChI=1S/C10H15BrFN3/c1-3-8(11)4-5-13-10-9(12)7(2)14-6-15-10/h6,8H,3-5H2,1-2H3,(H,13,14,15). The maximum Gasteiger partial charge on any atom is 0.186 e. The Morgan fingerprint density at radius 2 is 2.27 bits per heavy atom. The average Bonchev–Trinajstić information content (AvgIpc) is 2.24. The van der Waals surface area contributed by atoms with Crippen molar-refractivity contribution in [1.29, 1.82) is 0 Å². The van der Waals surface area contributed by atoms with Crippen LogP contribution in [0.5, 0.6) is 0 Å². The molecule has 1 heterocycles. The maximum absolute atomic E-state index is 13.4. The van der Waals surface area contributed by atoms with E-state index in [1.54, 1.807) is 6.92 Å². The predicted octanol–water partition coefficient (Wildman–Crippen LogP) is 2.90. The van der Waals surface area contributed by atoms with Gasteiger partial charge in [-0.05, 0) is 19.8 Å². The highest BCUT2D eigenvalue weighted by atomic mass is 79.9. The van der Waals surface area contributed by atoms with Crippen LogP contribution < -0.4 is 5.32 Å². The number of nitrogens with one attached hydrogen (secondary N) is 1. The molecule has 0 aromatic carbocycles. The number of hydrogen-bond donors (Lipinski definition) is 1. The molecule has 1 rings (SSSR count). The highest BCUT2D eigenvalue weighted by Crippen LogP contribution is 2.13. The summed E-state index contributed by atoms with van der Waals surface area (Å²) in [5.41, 5.74) is 0.374. The van der Waals surface area contributed by atoms with Crippen LogP contribution in [-0.4, -0.2) is 21.3 Å². The zero-order valence-corrected chi connectivity index (χ0v) is 10.5. The Morgan fingerprint density at radius 1 is 1.53 bits per heavy atom. The summed E-state index contributed by atoms with van der Waals surface area (Å²) in [6.45, 7) is 4.44. The van der Waals surface area contributed by atoms with E-state index in [9.17, 15) is 4.39 Å². The Hall–Kier alpha value is -0.710. The minimum absolute atomic E-state index is 0.290. The lowest BCUT2D eigenvalue weighted by molar-refractivity contribution is 0.603. The molecule has 5 heteroatoms. The van der Waals surface area contributed by atoms with E-state index in [4.69, 9.17) is 0 Å². The van der Waals surface area contributed by atoms with E-state index in [2.05, 4.69) is 38.1 Å². The van der Waals surface area contributed by atoms with Crippen molar-refractivity contribution in [3.63, 3.8) is 0 Å². The summed E-state index contributed by atoms with van der Waals surface area (Å²) in [6, 6.07) is 0. The molecule has 0 bridgehead atoms. The molecule has 0 amide bonds. The number of hydrogen-bond acceptors (Lipinski definition) is 3. The van der Waals surface area contributed by atoms with Crippen LogP contribution in [0.25, 0.3) is 0 Å². The third-order valence-corrected chi connectivity index (χ3v) is 3.26. The minimum Gasteiger partial charge on any atom is -0.367 e. The van der Waals surface area contributed by atoms with Crippen molar-refractivity contribution >= 4 is 21.7 Å². The van der Waals surface area contributed by atoms with Crippen LogP contribution in [0.1, 0.15) is 25.5 Å². The number of halogens is 2. The molecule has 3 nitrogen and oxygen atoms in total. The van der Waals surface area contributed by atoms with Crippen LogP contribution >= 0.6 is 15.9 Å². The molecular formula is C10H15BrFN3. The summed E-state index contributed by atoms with van der Waals surface area (Å²) in [5, 5.41) is 2.96. The highest BCUT2D eigenvalue weighted by Gasteiger charge is 2.07. The molecule has 1 N–H and O–H groups in total. The first-order valence-corrected chi connectivity index (χ1v) is 5.91. The molecule has 0 saturated heterocycles. The molecule has 0 fully saturated rings. The van der Waals surface area contributed by atoms with Crippen molar-refractivity contribution in [3.05, 3.63) is 17.8 Å². The van der Waals surface area contributed by atoms with Gasteiger partial charge in [0.1, 0.15) is 6.33 Å². The molecule has 1 aromatic heterocycles. The molecule has 0 aliphatic rings. The van der Waals surface area contributed by atoms with E-state index in [-0.39, 0.29) is 5.82 Å². The van der Waals surface area contributed by atoms with Gasteiger partial charge in [-0.3, -0.25) is 0 Å². The largest absolute Gasteiger partial charge is 0.367 e. The van der Waals surface area contributed by atoms with Crippen molar-refractivity contribution in [2.24, 2.45) is 0 Å². The highest BCUT2D eigenvalue weighted by molar-refractivity contribution is 9.09. The first kappa shape index (κ1) is 12.4. The van der Waals surface area contributed by atoms with Gasteiger partial charge in [-0.15, -0.1) is 0 Å². The molecule has 84 valence electrons. The second kappa shape index (κ2) is 6.00. The smallest absolute Gasteiger partial charge is 0.186 e. The second-order valence-electron chi connectivity index (χ2n) is 3.34. The molecule has 15 heavy (non-hydrogen) atoms. The van der Waals surface area contributed by atoms with Gasteiger partial charge in [0, 0.05) is 11.4 Å². The maximum atomic E-state index is 13.4. The van der Waals surface area contributed by atoms with Crippen molar-refractivity contribution in [3.8, 4) is 0 Å². The molecule has 0 spiro atoms. The predicted molar refractivity (Wildman–Crippen MR) is 62.8 cm³/mol. The van der Waals surface area contributed by atoms with E-state index >= 15 is 0 Å². The van der Waals surface area contributed by atoms with E-state index < -0.39 is 0 Å². The van der Waals surface area contributed by atoms with Gasteiger partial charge in [0.15, 0.2) is 11.6 Å².